The molecule has 1 amide bonds. The number of carbonyl (C=O) groups excluding carboxylic acids is 1. The van der Waals surface area contributed by atoms with Crippen LogP contribution in [-0.2, 0) is 20.2 Å². The second kappa shape index (κ2) is 10.5. The summed E-state index contributed by atoms with van der Waals surface area (Å²) in [6.45, 7) is 9.99. The molecule has 0 bridgehead atoms. The highest BCUT2D eigenvalue weighted by Gasteiger charge is 2.27. The van der Waals surface area contributed by atoms with Gasteiger partial charge in [-0.15, -0.1) is 0 Å². The van der Waals surface area contributed by atoms with Crippen LogP contribution in [0.5, 0.6) is 0 Å². The maximum absolute atomic E-state index is 13.5. The Morgan fingerprint density at radius 2 is 1.70 bits per heavy atom. The zero-order valence-electron chi connectivity index (χ0n) is 22.0. The number of nitrogens with zero attached hydrogens (tertiary/aromatic N) is 3. The summed E-state index contributed by atoms with van der Waals surface area (Å²) in [6.07, 6.45) is 0.579. The molecule has 0 aliphatic rings. The van der Waals surface area contributed by atoms with Gasteiger partial charge in [-0.1, -0.05) is 70.2 Å². The van der Waals surface area contributed by atoms with E-state index in [9.17, 15) is 13.2 Å². The average molecular weight is 519 g/mol. The number of nitrogens with one attached hydrogen (secondary N) is 1. The molecule has 7 nitrogen and oxygen atoms in total. The molecular formula is C29H34N4O3S. The predicted octanol–water partition coefficient (Wildman–Crippen LogP) is 5.67. The Morgan fingerprint density at radius 3 is 2.38 bits per heavy atom. The van der Waals surface area contributed by atoms with Crippen LogP contribution in [0.15, 0.2) is 77.7 Å². The minimum atomic E-state index is -3.88. The van der Waals surface area contributed by atoms with Gasteiger partial charge in [-0.2, -0.15) is 9.40 Å². The van der Waals surface area contributed by atoms with Gasteiger partial charge < -0.3 is 5.32 Å². The van der Waals surface area contributed by atoms with Crippen molar-refractivity contribution in [3.8, 4) is 5.69 Å². The predicted molar refractivity (Wildman–Crippen MR) is 149 cm³/mol. The number of rotatable bonds is 8. The highest BCUT2D eigenvalue weighted by atomic mass is 32.2. The first-order valence-electron chi connectivity index (χ1n) is 12.5. The molecule has 0 saturated heterocycles. The molecule has 0 radical (unpaired) electrons. The summed E-state index contributed by atoms with van der Waals surface area (Å²) in [5.41, 5.74) is 2.47. The van der Waals surface area contributed by atoms with Crippen LogP contribution in [-0.4, -0.2) is 41.5 Å². The highest BCUT2D eigenvalue weighted by molar-refractivity contribution is 7.89. The first kappa shape index (κ1) is 26.6. The monoisotopic (exact) mass is 518 g/mol. The first-order valence-corrected chi connectivity index (χ1v) is 13.9. The third-order valence-corrected chi connectivity index (χ3v) is 7.98. The molecule has 1 N–H and O–H groups in total. The van der Waals surface area contributed by atoms with E-state index in [-0.39, 0.29) is 23.4 Å². The van der Waals surface area contributed by atoms with Crippen LogP contribution in [0.25, 0.3) is 16.5 Å². The van der Waals surface area contributed by atoms with Crippen molar-refractivity contribution in [3.05, 3.63) is 84.1 Å². The Morgan fingerprint density at radius 1 is 0.973 bits per heavy atom. The smallest absolute Gasteiger partial charge is 0.243 e. The molecule has 0 spiro atoms. The number of benzene rings is 3. The van der Waals surface area contributed by atoms with Gasteiger partial charge in [-0.25, -0.2) is 13.1 Å². The summed E-state index contributed by atoms with van der Waals surface area (Å²) >= 11 is 0. The maximum Gasteiger partial charge on any atom is 0.243 e. The highest BCUT2D eigenvalue weighted by Crippen LogP contribution is 2.27. The molecule has 4 aromatic rings. The van der Waals surface area contributed by atoms with Crippen molar-refractivity contribution in [2.45, 2.75) is 51.3 Å². The van der Waals surface area contributed by atoms with Crippen molar-refractivity contribution in [2.75, 3.05) is 18.4 Å². The summed E-state index contributed by atoms with van der Waals surface area (Å²) in [5, 5.41) is 9.47. The van der Waals surface area contributed by atoms with Crippen LogP contribution in [0, 0.1) is 6.92 Å². The Hall–Kier alpha value is -3.49. The lowest BCUT2D eigenvalue weighted by Gasteiger charge is -2.21. The molecule has 0 aliphatic heterocycles. The average Bonchev–Trinajstić information content (AvgIpc) is 3.27. The fourth-order valence-electron chi connectivity index (χ4n) is 4.15. The van der Waals surface area contributed by atoms with Crippen molar-refractivity contribution < 1.29 is 13.2 Å². The van der Waals surface area contributed by atoms with E-state index in [2.05, 4.69) is 26.1 Å². The van der Waals surface area contributed by atoms with E-state index in [1.165, 1.54) is 4.31 Å². The molecule has 8 heteroatoms. The van der Waals surface area contributed by atoms with Crippen LogP contribution in [0.1, 0.15) is 45.4 Å². The molecule has 4 rings (SSSR count). The quantitative estimate of drug-likeness (QED) is 0.326. The van der Waals surface area contributed by atoms with E-state index < -0.39 is 15.9 Å². The number of anilines is 1. The van der Waals surface area contributed by atoms with Gasteiger partial charge in [0, 0.05) is 18.0 Å². The van der Waals surface area contributed by atoms with E-state index >= 15 is 0 Å². The molecule has 194 valence electrons. The molecule has 0 saturated carbocycles. The van der Waals surface area contributed by atoms with Crippen LogP contribution in [0.3, 0.4) is 0 Å². The summed E-state index contributed by atoms with van der Waals surface area (Å²) in [6, 6.07) is 22.4. The number of hydrogen-bond acceptors (Lipinski definition) is 4. The Balaban J connectivity index is 1.63. The lowest BCUT2D eigenvalue weighted by atomic mass is 9.92. The van der Waals surface area contributed by atoms with E-state index in [1.54, 1.807) is 22.9 Å². The summed E-state index contributed by atoms with van der Waals surface area (Å²) in [5.74, 6) is 0.0761. The minimum Gasteiger partial charge on any atom is -0.309 e. The molecule has 0 unspecified atom stereocenters. The zero-order valence-corrected chi connectivity index (χ0v) is 22.8. The van der Waals surface area contributed by atoms with Gasteiger partial charge >= 0.3 is 0 Å². The topological polar surface area (TPSA) is 84.3 Å². The van der Waals surface area contributed by atoms with Gasteiger partial charge in [0.25, 0.3) is 0 Å². The second-order valence-electron chi connectivity index (χ2n) is 10.3. The number of amides is 1. The number of aromatic nitrogens is 2. The second-order valence-corrected chi connectivity index (χ2v) is 12.2. The molecule has 0 fully saturated rings. The maximum atomic E-state index is 13.5. The van der Waals surface area contributed by atoms with Gasteiger partial charge in [-0.05, 0) is 53.9 Å². The molecule has 37 heavy (non-hydrogen) atoms. The molecule has 1 heterocycles. The molecular weight excluding hydrogens is 484 g/mol. The number of carbonyl (C=O) groups is 1. The summed E-state index contributed by atoms with van der Waals surface area (Å²) in [4.78, 5) is 13.4. The number of fused-ring (bicyclic) bond motifs is 1. The lowest BCUT2D eigenvalue weighted by molar-refractivity contribution is -0.116. The molecule has 0 atom stereocenters. The van der Waals surface area contributed by atoms with Crippen molar-refractivity contribution in [1.82, 2.24) is 14.1 Å². The summed E-state index contributed by atoms with van der Waals surface area (Å²) < 4.78 is 30.0. The molecule has 3 aromatic carbocycles. The van der Waals surface area contributed by atoms with Gasteiger partial charge in [0.05, 0.1) is 22.8 Å². The van der Waals surface area contributed by atoms with Crippen LogP contribution in [0.2, 0.25) is 0 Å². The third-order valence-electron chi connectivity index (χ3n) is 6.14. The fourth-order valence-corrected chi connectivity index (χ4v) is 5.67. The van der Waals surface area contributed by atoms with E-state index in [4.69, 9.17) is 5.10 Å². The van der Waals surface area contributed by atoms with Crippen LogP contribution in [0.4, 0.5) is 5.82 Å². The van der Waals surface area contributed by atoms with E-state index in [1.807, 2.05) is 68.4 Å². The fraction of sp³-hybridized carbons (Fsp3) is 0.310. The first-order chi connectivity index (χ1) is 17.5. The van der Waals surface area contributed by atoms with Crippen LogP contribution >= 0.6 is 0 Å². The van der Waals surface area contributed by atoms with Crippen molar-refractivity contribution in [1.29, 1.82) is 0 Å². The van der Waals surface area contributed by atoms with Crippen molar-refractivity contribution in [2.24, 2.45) is 0 Å². The van der Waals surface area contributed by atoms with Crippen molar-refractivity contribution in [3.63, 3.8) is 0 Å². The number of aryl methyl sites for hydroxylation is 1. The standard InChI is InChI=1S/C29H34N4O3S/c1-6-16-32(37(35,36)25-15-14-22-11-7-8-12-23(22)18-25)20-28(34)30-27-19-26(29(3,4)5)31-33(27)24-13-9-10-21(2)17-24/h7-15,17-19H,6,16,20H2,1-5H3,(H,30,34). The van der Waals surface area contributed by atoms with Gasteiger partial charge in [0.1, 0.15) is 5.82 Å². The lowest BCUT2D eigenvalue weighted by Crippen LogP contribution is -2.38. The largest absolute Gasteiger partial charge is 0.309 e. The Labute approximate surface area is 219 Å². The third kappa shape index (κ3) is 5.92. The normalized spacial score (nSPS) is 12.3. The SMILES string of the molecule is CCCN(CC(=O)Nc1cc(C(C)(C)C)nn1-c1cccc(C)c1)S(=O)(=O)c1ccc2ccccc2c1. The van der Waals surface area contributed by atoms with E-state index in [0.29, 0.717) is 12.2 Å². The number of sulfonamides is 1. The van der Waals surface area contributed by atoms with Crippen LogP contribution < -0.4 is 5.32 Å². The van der Waals surface area contributed by atoms with Crippen molar-refractivity contribution >= 4 is 32.5 Å². The van der Waals surface area contributed by atoms with Gasteiger partial charge in [0.2, 0.25) is 15.9 Å². The Kier molecular flexibility index (Phi) is 7.52. The zero-order chi connectivity index (χ0) is 26.8. The molecule has 1 aromatic heterocycles. The minimum absolute atomic E-state index is 0.173. The summed E-state index contributed by atoms with van der Waals surface area (Å²) in [7, 11) is -3.88. The van der Waals surface area contributed by atoms with Gasteiger partial charge in [-0.3, -0.25) is 4.79 Å². The van der Waals surface area contributed by atoms with Gasteiger partial charge in [0.15, 0.2) is 0 Å². The number of hydrogen-bond donors (Lipinski definition) is 1. The van der Waals surface area contributed by atoms with E-state index in [0.717, 1.165) is 27.7 Å². The molecule has 0 aliphatic carbocycles. The Bertz CT molecular complexity index is 1530.